The predicted molar refractivity (Wildman–Crippen MR) is 70.5 cm³/mol. The van der Waals surface area contributed by atoms with Crippen molar-refractivity contribution in [3.05, 3.63) is 23.1 Å². The molecule has 0 radical (unpaired) electrons. The molecule has 1 aliphatic rings. The maximum Gasteiger partial charge on any atom is 0.223 e. The van der Waals surface area contributed by atoms with Crippen molar-refractivity contribution in [2.75, 3.05) is 13.1 Å². The Morgan fingerprint density at radius 1 is 1.42 bits per heavy atom. The Labute approximate surface area is 116 Å². The summed E-state index contributed by atoms with van der Waals surface area (Å²) in [6, 6.07) is 3.38. The lowest BCUT2D eigenvalue weighted by Gasteiger charge is -2.30. The van der Waals surface area contributed by atoms with E-state index in [1.165, 1.54) is 0 Å². The van der Waals surface area contributed by atoms with Gasteiger partial charge in [0.05, 0.1) is 6.54 Å². The van der Waals surface area contributed by atoms with Gasteiger partial charge >= 0.3 is 0 Å². The van der Waals surface area contributed by atoms with E-state index in [-0.39, 0.29) is 17.7 Å². The van der Waals surface area contributed by atoms with E-state index in [9.17, 15) is 9.59 Å². The van der Waals surface area contributed by atoms with Crippen LogP contribution in [0.15, 0.2) is 16.5 Å². The first-order valence-corrected chi connectivity index (χ1v) is 6.71. The summed E-state index contributed by atoms with van der Waals surface area (Å²) in [6.45, 7) is 3.21. The van der Waals surface area contributed by atoms with Gasteiger partial charge < -0.3 is 14.6 Å². The zero-order valence-corrected chi connectivity index (χ0v) is 11.6. The molecule has 0 spiro atoms. The van der Waals surface area contributed by atoms with E-state index in [0.717, 1.165) is 0 Å². The van der Waals surface area contributed by atoms with E-state index >= 15 is 0 Å². The lowest BCUT2D eigenvalue weighted by atomic mass is 9.96. The van der Waals surface area contributed by atoms with Gasteiger partial charge in [-0.05, 0) is 36.6 Å². The summed E-state index contributed by atoms with van der Waals surface area (Å²) in [7, 11) is 0. The van der Waals surface area contributed by atoms with E-state index in [1.54, 1.807) is 24.0 Å². The summed E-state index contributed by atoms with van der Waals surface area (Å²) in [5, 5.41) is 3.15. The van der Waals surface area contributed by atoms with Gasteiger partial charge in [0.1, 0.15) is 5.76 Å². The molecule has 1 N–H and O–H groups in total. The van der Waals surface area contributed by atoms with Gasteiger partial charge in [0.15, 0.2) is 5.22 Å². The van der Waals surface area contributed by atoms with Crippen molar-refractivity contribution >= 4 is 23.4 Å². The van der Waals surface area contributed by atoms with Crippen molar-refractivity contribution in [2.45, 2.75) is 26.3 Å². The molecule has 2 heterocycles. The van der Waals surface area contributed by atoms with Gasteiger partial charge in [-0.2, -0.15) is 0 Å². The Kier molecular flexibility index (Phi) is 4.47. The van der Waals surface area contributed by atoms with E-state index in [4.69, 9.17) is 16.0 Å². The maximum atomic E-state index is 12.0. The monoisotopic (exact) mass is 284 g/mol. The van der Waals surface area contributed by atoms with Crippen LogP contribution in [0.4, 0.5) is 0 Å². The summed E-state index contributed by atoms with van der Waals surface area (Å²) in [5.74, 6) is 0.695. The minimum absolute atomic E-state index is 0.00993. The molecule has 0 bridgehead atoms. The molecular weight excluding hydrogens is 268 g/mol. The molecule has 1 saturated heterocycles. The summed E-state index contributed by atoms with van der Waals surface area (Å²) >= 11 is 5.65. The third-order valence-electron chi connectivity index (χ3n) is 3.38. The number of halogens is 1. The van der Waals surface area contributed by atoms with Crippen LogP contribution < -0.4 is 5.32 Å². The van der Waals surface area contributed by atoms with Gasteiger partial charge in [-0.3, -0.25) is 9.59 Å². The number of likely N-dealkylation sites (tertiary alicyclic amines) is 1. The molecule has 1 aliphatic heterocycles. The average Bonchev–Trinajstić information content (AvgIpc) is 2.82. The molecule has 0 aromatic carbocycles. The fourth-order valence-electron chi connectivity index (χ4n) is 2.22. The number of rotatable bonds is 3. The summed E-state index contributed by atoms with van der Waals surface area (Å²) < 4.78 is 5.17. The molecular formula is C13H17ClN2O3. The van der Waals surface area contributed by atoms with Crippen molar-refractivity contribution in [1.82, 2.24) is 10.2 Å². The summed E-state index contributed by atoms with van der Waals surface area (Å²) in [6.07, 6.45) is 1.43. The Balaban J connectivity index is 1.77. The topological polar surface area (TPSA) is 62.6 Å². The number of carbonyl (C=O) groups is 2. The fraction of sp³-hybridized carbons (Fsp3) is 0.538. The molecule has 0 aliphatic carbocycles. The van der Waals surface area contributed by atoms with Crippen molar-refractivity contribution in [2.24, 2.45) is 5.92 Å². The third kappa shape index (κ3) is 3.73. The molecule has 0 unspecified atom stereocenters. The van der Waals surface area contributed by atoms with E-state index in [2.05, 4.69) is 5.32 Å². The minimum Gasteiger partial charge on any atom is -0.448 e. The number of amides is 2. The van der Waals surface area contributed by atoms with E-state index < -0.39 is 0 Å². The lowest BCUT2D eigenvalue weighted by Crippen LogP contribution is -2.42. The van der Waals surface area contributed by atoms with Crippen LogP contribution in [0.2, 0.25) is 5.22 Å². The van der Waals surface area contributed by atoms with Gasteiger partial charge in [-0.15, -0.1) is 0 Å². The summed E-state index contributed by atoms with van der Waals surface area (Å²) in [5.41, 5.74) is 0. The number of furan rings is 1. The van der Waals surface area contributed by atoms with Crippen molar-refractivity contribution in [3.8, 4) is 0 Å². The Bertz CT molecular complexity index is 464. The van der Waals surface area contributed by atoms with Gasteiger partial charge in [-0.1, -0.05) is 0 Å². The van der Waals surface area contributed by atoms with Crippen LogP contribution in [0.5, 0.6) is 0 Å². The van der Waals surface area contributed by atoms with E-state index in [0.29, 0.717) is 43.5 Å². The van der Waals surface area contributed by atoms with Crippen LogP contribution >= 0.6 is 11.6 Å². The molecule has 2 rings (SSSR count). The highest BCUT2D eigenvalue weighted by atomic mass is 35.5. The molecule has 0 saturated carbocycles. The third-order valence-corrected chi connectivity index (χ3v) is 3.58. The highest BCUT2D eigenvalue weighted by Gasteiger charge is 2.25. The Morgan fingerprint density at radius 3 is 2.63 bits per heavy atom. The standard InChI is InChI=1S/C13H17ClN2O3/c1-9(17)16-6-4-10(5-7-16)13(18)15-8-11-2-3-12(14)19-11/h2-3,10H,4-8H2,1H3,(H,15,18). The van der Waals surface area contributed by atoms with Crippen molar-refractivity contribution in [3.63, 3.8) is 0 Å². The molecule has 2 amide bonds. The number of hydrogen-bond donors (Lipinski definition) is 1. The predicted octanol–water partition coefficient (Wildman–Crippen LogP) is 1.81. The van der Waals surface area contributed by atoms with Crippen LogP contribution in [0.25, 0.3) is 0 Å². The van der Waals surface area contributed by atoms with Crippen molar-refractivity contribution < 1.29 is 14.0 Å². The molecule has 6 heteroatoms. The number of piperidine rings is 1. The highest BCUT2D eigenvalue weighted by molar-refractivity contribution is 6.28. The van der Waals surface area contributed by atoms with Gasteiger partial charge in [0.2, 0.25) is 11.8 Å². The number of nitrogens with one attached hydrogen (secondary N) is 1. The first-order chi connectivity index (χ1) is 9.06. The molecule has 5 nitrogen and oxygen atoms in total. The second-order valence-corrected chi connectivity index (χ2v) is 5.08. The Hall–Kier alpha value is -1.49. The average molecular weight is 285 g/mol. The summed E-state index contributed by atoms with van der Waals surface area (Å²) in [4.78, 5) is 24.9. The fourth-order valence-corrected chi connectivity index (χ4v) is 2.38. The zero-order chi connectivity index (χ0) is 13.8. The molecule has 1 aromatic heterocycles. The van der Waals surface area contributed by atoms with Crippen LogP contribution in [-0.4, -0.2) is 29.8 Å². The van der Waals surface area contributed by atoms with Gasteiger partial charge in [-0.25, -0.2) is 0 Å². The first kappa shape index (κ1) is 13.9. The largest absolute Gasteiger partial charge is 0.448 e. The number of hydrogen-bond acceptors (Lipinski definition) is 3. The quantitative estimate of drug-likeness (QED) is 0.921. The second-order valence-electron chi connectivity index (χ2n) is 4.70. The zero-order valence-electron chi connectivity index (χ0n) is 10.8. The van der Waals surface area contributed by atoms with Crippen LogP contribution in [0.1, 0.15) is 25.5 Å². The number of nitrogens with zero attached hydrogens (tertiary/aromatic N) is 1. The van der Waals surface area contributed by atoms with Crippen LogP contribution in [0, 0.1) is 5.92 Å². The molecule has 1 aromatic rings. The second kappa shape index (κ2) is 6.10. The minimum atomic E-state index is -0.0268. The van der Waals surface area contributed by atoms with Crippen molar-refractivity contribution in [1.29, 1.82) is 0 Å². The highest BCUT2D eigenvalue weighted by Crippen LogP contribution is 2.18. The van der Waals surface area contributed by atoms with Crippen LogP contribution in [-0.2, 0) is 16.1 Å². The van der Waals surface area contributed by atoms with Gasteiger partial charge in [0, 0.05) is 25.9 Å². The molecule has 0 atom stereocenters. The first-order valence-electron chi connectivity index (χ1n) is 6.33. The smallest absolute Gasteiger partial charge is 0.223 e. The molecule has 1 fully saturated rings. The van der Waals surface area contributed by atoms with E-state index in [1.807, 2.05) is 0 Å². The molecule has 104 valence electrons. The lowest BCUT2D eigenvalue weighted by molar-refractivity contribution is -0.134. The van der Waals surface area contributed by atoms with Crippen LogP contribution in [0.3, 0.4) is 0 Å². The Morgan fingerprint density at radius 2 is 2.11 bits per heavy atom. The molecule has 19 heavy (non-hydrogen) atoms. The SMILES string of the molecule is CC(=O)N1CCC(C(=O)NCc2ccc(Cl)o2)CC1. The maximum absolute atomic E-state index is 12.0. The normalized spacial score (nSPS) is 16.4. The number of carbonyl (C=O) groups excluding carboxylic acids is 2. The van der Waals surface area contributed by atoms with Gasteiger partial charge in [0.25, 0.3) is 0 Å².